The fourth-order valence-corrected chi connectivity index (χ4v) is 4.03. The topological polar surface area (TPSA) is 84.0 Å². The van der Waals surface area contributed by atoms with Crippen LogP contribution in [0.25, 0.3) is 0 Å². The summed E-state index contributed by atoms with van der Waals surface area (Å²) in [6.45, 7) is 1.87. The van der Waals surface area contributed by atoms with Gasteiger partial charge in [-0.15, -0.1) is 0 Å². The van der Waals surface area contributed by atoms with Crippen LogP contribution in [0.15, 0.2) is 69.9 Å². The summed E-state index contributed by atoms with van der Waals surface area (Å²) in [4.78, 5) is 34.4. The van der Waals surface area contributed by atoms with Crippen LogP contribution in [-0.4, -0.2) is 21.7 Å². The molecule has 0 aromatic carbocycles. The van der Waals surface area contributed by atoms with Crippen molar-refractivity contribution in [3.8, 4) is 0 Å². The lowest BCUT2D eigenvalue weighted by Gasteiger charge is -2.34. The van der Waals surface area contributed by atoms with E-state index in [1.54, 1.807) is 24.7 Å². The normalized spacial score (nSPS) is 19.2. The predicted octanol–water partition coefficient (Wildman–Crippen LogP) is 3.85. The highest BCUT2D eigenvalue weighted by Gasteiger charge is 2.38. The van der Waals surface area contributed by atoms with Gasteiger partial charge in [-0.1, -0.05) is 6.07 Å². The number of halogens is 1. The lowest BCUT2D eigenvalue weighted by Crippen LogP contribution is -2.35. The van der Waals surface area contributed by atoms with E-state index in [-0.39, 0.29) is 11.7 Å². The Hall–Kier alpha value is -2.80. The minimum atomic E-state index is -0.437. The van der Waals surface area contributed by atoms with Crippen LogP contribution in [0.3, 0.4) is 0 Å². The molecule has 142 valence electrons. The Labute approximate surface area is 171 Å². The number of nitrogens with zero attached hydrogens (tertiary/aromatic N) is 2. The number of amides is 1. The van der Waals surface area contributed by atoms with Crippen LogP contribution in [-0.2, 0) is 9.59 Å². The monoisotopic (exact) mass is 438 g/mol. The Kier molecular flexibility index (Phi) is 5.09. The van der Waals surface area contributed by atoms with Crippen LogP contribution in [0.5, 0.6) is 0 Å². The molecule has 7 heteroatoms. The van der Waals surface area contributed by atoms with Crippen molar-refractivity contribution in [3.05, 3.63) is 75.4 Å². The maximum Gasteiger partial charge on any atom is 0.255 e. The quantitative estimate of drug-likeness (QED) is 0.759. The van der Waals surface area contributed by atoms with E-state index in [0.717, 1.165) is 34.3 Å². The summed E-state index contributed by atoms with van der Waals surface area (Å²) in [5.41, 5.74) is 3.70. The number of hydrogen-bond acceptors (Lipinski definition) is 5. The Morgan fingerprint density at radius 1 is 1.25 bits per heavy atom. The molecule has 28 heavy (non-hydrogen) atoms. The zero-order valence-electron chi connectivity index (χ0n) is 15.3. The molecule has 0 saturated carbocycles. The molecule has 0 saturated heterocycles. The number of aromatic nitrogens is 2. The summed E-state index contributed by atoms with van der Waals surface area (Å²) in [6, 6.07) is 7.27. The molecule has 2 aromatic rings. The maximum atomic E-state index is 13.2. The highest BCUT2D eigenvalue weighted by Crippen LogP contribution is 2.42. The molecule has 0 spiro atoms. The number of carbonyl (C=O) groups excluding carboxylic acids is 2. The molecule has 0 radical (unpaired) electrons. The predicted molar refractivity (Wildman–Crippen MR) is 109 cm³/mol. The molecular weight excluding hydrogens is 420 g/mol. The van der Waals surface area contributed by atoms with E-state index >= 15 is 0 Å². The van der Waals surface area contributed by atoms with E-state index in [1.807, 2.05) is 25.1 Å². The first kappa shape index (κ1) is 18.6. The molecule has 3 heterocycles. The molecule has 2 aliphatic rings. The van der Waals surface area contributed by atoms with E-state index in [0.29, 0.717) is 23.4 Å². The summed E-state index contributed by atoms with van der Waals surface area (Å²) in [5, 5.41) is 6.16. The maximum absolute atomic E-state index is 13.2. The second-order valence-electron chi connectivity index (χ2n) is 6.87. The highest BCUT2D eigenvalue weighted by molar-refractivity contribution is 9.10. The number of allylic oxidation sites excluding steroid dienone is 3. The number of carbonyl (C=O) groups is 2. The molecular formula is C21H19BrN4O2. The fraction of sp³-hybridized carbons (Fsp3) is 0.238. The Morgan fingerprint density at radius 3 is 2.82 bits per heavy atom. The summed E-state index contributed by atoms with van der Waals surface area (Å²) in [7, 11) is 0. The van der Waals surface area contributed by atoms with Gasteiger partial charge in [-0.05, 0) is 59.5 Å². The molecule has 0 bridgehead atoms. The van der Waals surface area contributed by atoms with Crippen molar-refractivity contribution in [1.29, 1.82) is 0 Å². The van der Waals surface area contributed by atoms with Gasteiger partial charge >= 0.3 is 0 Å². The number of anilines is 1. The lowest BCUT2D eigenvalue weighted by molar-refractivity contribution is -0.116. The summed E-state index contributed by atoms with van der Waals surface area (Å²) in [5.74, 6) is -0.179. The van der Waals surface area contributed by atoms with Gasteiger partial charge in [0.15, 0.2) is 5.78 Å². The number of ketones is 1. The van der Waals surface area contributed by atoms with Crippen LogP contribution in [0.4, 0.5) is 5.82 Å². The van der Waals surface area contributed by atoms with Gasteiger partial charge in [-0.25, -0.2) is 4.98 Å². The zero-order chi connectivity index (χ0) is 19.7. The third-order valence-electron chi connectivity index (χ3n) is 5.01. The van der Waals surface area contributed by atoms with Gasteiger partial charge in [0.05, 0.1) is 0 Å². The third kappa shape index (κ3) is 3.49. The molecule has 1 atom stereocenters. The molecule has 1 aliphatic carbocycles. The Bertz CT molecular complexity index is 997. The molecule has 2 N–H and O–H groups in total. The van der Waals surface area contributed by atoms with Gasteiger partial charge in [0, 0.05) is 57.9 Å². The first-order valence-electron chi connectivity index (χ1n) is 9.11. The van der Waals surface area contributed by atoms with E-state index in [2.05, 4.69) is 36.5 Å². The third-order valence-corrected chi connectivity index (χ3v) is 5.48. The van der Waals surface area contributed by atoms with E-state index in [1.165, 1.54) is 0 Å². The van der Waals surface area contributed by atoms with Gasteiger partial charge in [0.1, 0.15) is 5.82 Å². The average molecular weight is 439 g/mol. The largest absolute Gasteiger partial charge is 0.362 e. The first-order valence-corrected chi connectivity index (χ1v) is 9.90. The number of hydrogen-bond donors (Lipinski definition) is 2. The molecule has 1 amide bonds. The number of Topliss-reactive ketones (excluding diaryl/α,β-unsaturated/α-hetero) is 1. The highest BCUT2D eigenvalue weighted by atomic mass is 79.9. The summed E-state index contributed by atoms with van der Waals surface area (Å²) >= 11 is 3.34. The fourth-order valence-electron chi connectivity index (χ4n) is 3.80. The molecule has 4 rings (SSSR count). The van der Waals surface area contributed by atoms with Crippen LogP contribution in [0, 0.1) is 0 Å². The minimum absolute atomic E-state index is 0.0853. The van der Waals surface area contributed by atoms with Crippen LogP contribution in [0.2, 0.25) is 0 Å². The molecule has 0 fully saturated rings. The van der Waals surface area contributed by atoms with Crippen molar-refractivity contribution in [1.82, 2.24) is 15.3 Å². The van der Waals surface area contributed by atoms with Crippen molar-refractivity contribution in [3.63, 3.8) is 0 Å². The average Bonchev–Trinajstić information content (AvgIpc) is 2.69. The molecule has 6 nitrogen and oxygen atoms in total. The SMILES string of the molecule is CC1=C(C(=O)Nc2ccc(Br)cn2)[C@@H](c2cccnc2)C2=C(CCCC2=O)N1. The van der Waals surface area contributed by atoms with Gasteiger partial charge in [-0.2, -0.15) is 0 Å². The van der Waals surface area contributed by atoms with Crippen molar-refractivity contribution in [2.45, 2.75) is 32.1 Å². The smallest absolute Gasteiger partial charge is 0.255 e. The van der Waals surface area contributed by atoms with Crippen LogP contribution >= 0.6 is 15.9 Å². The van der Waals surface area contributed by atoms with E-state index < -0.39 is 5.92 Å². The molecule has 0 unspecified atom stereocenters. The van der Waals surface area contributed by atoms with Crippen LogP contribution in [0.1, 0.15) is 37.7 Å². The second kappa shape index (κ2) is 7.67. The van der Waals surface area contributed by atoms with E-state index in [9.17, 15) is 9.59 Å². The van der Waals surface area contributed by atoms with Crippen molar-refractivity contribution < 1.29 is 9.59 Å². The standard InChI is InChI=1S/C21H19BrN4O2/c1-12-18(21(28)26-17-8-7-14(22)11-24-17)19(13-4-3-9-23-10-13)20-15(25-12)5-2-6-16(20)27/h3-4,7-11,19,25H,2,5-6H2,1H3,(H,24,26,28)/t19-/m1/s1. The number of nitrogens with one attached hydrogen (secondary N) is 2. The minimum Gasteiger partial charge on any atom is -0.362 e. The van der Waals surface area contributed by atoms with Gasteiger partial charge in [-0.3, -0.25) is 14.6 Å². The number of pyridine rings is 2. The second-order valence-corrected chi connectivity index (χ2v) is 7.78. The van der Waals surface area contributed by atoms with Gasteiger partial charge in [0.25, 0.3) is 5.91 Å². The Morgan fingerprint density at radius 2 is 2.11 bits per heavy atom. The molecule has 1 aliphatic heterocycles. The van der Waals surface area contributed by atoms with Crippen molar-refractivity contribution in [2.24, 2.45) is 0 Å². The lowest BCUT2D eigenvalue weighted by atomic mass is 9.75. The zero-order valence-corrected chi connectivity index (χ0v) is 16.9. The van der Waals surface area contributed by atoms with Gasteiger partial charge in [0.2, 0.25) is 0 Å². The number of dihydropyridines is 1. The van der Waals surface area contributed by atoms with Crippen molar-refractivity contribution in [2.75, 3.05) is 5.32 Å². The van der Waals surface area contributed by atoms with Crippen LogP contribution < -0.4 is 10.6 Å². The Balaban J connectivity index is 1.76. The number of rotatable bonds is 3. The first-order chi connectivity index (χ1) is 13.5. The van der Waals surface area contributed by atoms with E-state index in [4.69, 9.17) is 0 Å². The van der Waals surface area contributed by atoms with Gasteiger partial charge < -0.3 is 10.6 Å². The van der Waals surface area contributed by atoms with Crippen molar-refractivity contribution >= 4 is 33.4 Å². The summed E-state index contributed by atoms with van der Waals surface area (Å²) < 4.78 is 0.830. The summed E-state index contributed by atoms with van der Waals surface area (Å²) in [6.07, 6.45) is 7.16. The molecule has 2 aromatic heterocycles.